The van der Waals surface area contributed by atoms with E-state index in [0.717, 1.165) is 40.6 Å². The number of fused-ring (bicyclic) bond motifs is 1. The zero-order valence-corrected chi connectivity index (χ0v) is 17.9. The fourth-order valence-corrected chi connectivity index (χ4v) is 3.24. The third kappa shape index (κ3) is 5.80. The van der Waals surface area contributed by atoms with Crippen molar-refractivity contribution < 1.29 is 9.13 Å². The van der Waals surface area contributed by atoms with Crippen molar-refractivity contribution in [1.82, 2.24) is 9.97 Å². The molecule has 0 fully saturated rings. The molecule has 0 aliphatic rings. The van der Waals surface area contributed by atoms with Gasteiger partial charge in [0, 0.05) is 17.5 Å². The number of hydrogen-bond donors (Lipinski definition) is 0. The molecule has 1 aromatic heterocycles. The molecule has 0 atom stereocenters. The van der Waals surface area contributed by atoms with Gasteiger partial charge in [0.05, 0.1) is 12.4 Å². The molecule has 0 spiro atoms. The van der Waals surface area contributed by atoms with E-state index in [2.05, 4.69) is 33.9 Å². The second kappa shape index (κ2) is 10.4. The van der Waals surface area contributed by atoms with Crippen molar-refractivity contribution in [3.05, 3.63) is 114 Å². The van der Waals surface area contributed by atoms with Gasteiger partial charge in [-0.1, -0.05) is 48.3 Å². The molecule has 4 heteroatoms. The zero-order valence-electron chi connectivity index (χ0n) is 17.9. The summed E-state index contributed by atoms with van der Waals surface area (Å²) in [5, 5.41) is 1.85. The minimum absolute atomic E-state index is 0.228. The van der Waals surface area contributed by atoms with Gasteiger partial charge in [-0.15, -0.1) is 0 Å². The number of hydrogen-bond acceptors (Lipinski definition) is 3. The molecule has 0 N–H and O–H groups in total. The SMILES string of the molecule is C/C=C/COc1cnc(CCc2ccc(C#Cc3ccc4cc(F)ccc4c3)cc2)nc1. The lowest BCUT2D eigenvalue weighted by molar-refractivity contribution is 0.359. The minimum Gasteiger partial charge on any atom is -0.486 e. The van der Waals surface area contributed by atoms with Crippen molar-refractivity contribution >= 4 is 10.8 Å². The first kappa shape index (κ1) is 21.3. The van der Waals surface area contributed by atoms with Crippen molar-refractivity contribution in [2.45, 2.75) is 19.8 Å². The second-order valence-electron chi connectivity index (χ2n) is 7.37. The van der Waals surface area contributed by atoms with Crippen molar-refractivity contribution in [2.24, 2.45) is 0 Å². The van der Waals surface area contributed by atoms with Gasteiger partial charge in [-0.25, -0.2) is 14.4 Å². The first-order valence-corrected chi connectivity index (χ1v) is 10.5. The molecule has 0 amide bonds. The fourth-order valence-electron chi connectivity index (χ4n) is 3.24. The van der Waals surface area contributed by atoms with E-state index < -0.39 is 0 Å². The highest BCUT2D eigenvalue weighted by Crippen LogP contribution is 2.17. The van der Waals surface area contributed by atoms with Gasteiger partial charge in [-0.05, 0) is 66.1 Å². The van der Waals surface area contributed by atoms with Gasteiger partial charge in [-0.2, -0.15) is 0 Å². The van der Waals surface area contributed by atoms with E-state index in [1.165, 1.54) is 17.7 Å². The number of allylic oxidation sites excluding steroid dienone is 1. The summed E-state index contributed by atoms with van der Waals surface area (Å²) in [6.07, 6.45) is 8.93. The van der Waals surface area contributed by atoms with Crippen LogP contribution in [-0.4, -0.2) is 16.6 Å². The predicted octanol–water partition coefficient (Wildman–Crippen LogP) is 5.91. The molecule has 0 saturated heterocycles. The lowest BCUT2D eigenvalue weighted by atomic mass is 10.1. The average Bonchev–Trinajstić information content (AvgIpc) is 2.83. The maximum Gasteiger partial charge on any atom is 0.156 e. The van der Waals surface area contributed by atoms with E-state index >= 15 is 0 Å². The quantitative estimate of drug-likeness (QED) is 0.286. The standard InChI is InChI=1S/C28H23FN2O/c1-2-3-16-32-27-19-30-28(31-20-27)15-11-22-6-4-21(5-7-22)8-9-23-10-12-25-18-26(29)14-13-24(25)17-23/h2-7,10,12-14,17-20H,11,15-16H2,1H3/b3-2+. The molecule has 0 aliphatic heterocycles. The summed E-state index contributed by atoms with van der Waals surface area (Å²) in [7, 11) is 0. The largest absolute Gasteiger partial charge is 0.486 e. The molecule has 32 heavy (non-hydrogen) atoms. The van der Waals surface area contributed by atoms with Crippen LogP contribution in [0.2, 0.25) is 0 Å². The molecule has 4 aromatic rings. The van der Waals surface area contributed by atoms with Gasteiger partial charge in [0.15, 0.2) is 5.75 Å². The summed E-state index contributed by atoms with van der Waals surface area (Å²) in [5.74, 6) is 7.63. The van der Waals surface area contributed by atoms with Crippen molar-refractivity contribution in [3.8, 4) is 17.6 Å². The van der Waals surface area contributed by atoms with Gasteiger partial charge >= 0.3 is 0 Å². The summed E-state index contributed by atoms with van der Waals surface area (Å²) in [5.41, 5.74) is 3.07. The Balaban J connectivity index is 1.34. The van der Waals surface area contributed by atoms with Crippen molar-refractivity contribution in [3.63, 3.8) is 0 Å². The van der Waals surface area contributed by atoms with Crippen molar-refractivity contribution in [1.29, 1.82) is 0 Å². The topological polar surface area (TPSA) is 35.0 Å². The van der Waals surface area contributed by atoms with Crippen LogP contribution in [0.5, 0.6) is 5.75 Å². The van der Waals surface area contributed by atoms with Crippen LogP contribution in [0.25, 0.3) is 10.8 Å². The second-order valence-corrected chi connectivity index (χ2v) is 7.37. The molecule has 3 aromatic carbocycles. The number of aryl methyl sites for hydroxylation is 2. The highest BCUT2D eigenvalue weighted by Gasteiger charge is 2.01. The molecule has 0 bridgehead atoms. The number of rotatable bonds is 6. The summed E-state index contributed by atoms with van der Waals surface area (Å²) >= 11 is 0. The summed E-state index contributed by atoms with van der Waals surface area (Å²) in [6, 6.07) is 18.8. The molecule has 0 saturated carbocycles. The first-order valence-electron chi connectivity index (χ1n) is 10.5. The van der Waals surface area contributed by atoms with Crippen LogP contribution in [0, 0.1) is 17.7 Å². The molecular formula is C28H23FN2O. The smallest absolute Gasteiger partial charge is 0.156 e. The van der Waals surface area contributed by atoms with Gasteiger partial charge in [0.1, 0.15) is 18.2 Å². The van der Waals surface area contributed by atoms with Crippen LogP contribution < -0.4 is 4.74 Å². The van der Waals surface area contributed by atoms with Gasteiger partial charge in [0.2, 0.25) is 0 Å². The Morgan fingerprint density at radius 2 is 1.53 bits per heavy atom. The van der Waals surface area contributed by atoms with E-state index in [0.29, 0.717) is 12.4 Å². The van der Waals surface area contributed by atoms with E-state index in [-0.39, 0.29) is 5.82 Å². The number of aromatic nitrogens is 2. The molecule has 0 aliphatic carbocycles. The summed E-state index contributed by atoms with van der Waals surface area (Å²) in [6.45, 7) is 2.48. The Hall–Kier alpha value is -3.97. The third-order valence-electron chi connectivity index (χ3n) is 5.01. The summed E-state index contributed by atoms with van der Waals surface area (Å²) < 4.78 is 18.8. The van der Waals surface area contributed by atoms with Crippen LogP contribution in [0.3, 0.4) is 0 Å². The monoisotopic (exact) mass is 422 g/mol. The van der Waals surface area contributed by atoms with Gasteiger partial charge < -0.3 is 4.74 Å². The molecule has 0 radical (unpaired) electrons. The Labute approximate surface area is 187 Å². The van der Waals surface area contributed by atoms with E-state index in [4.69, 9.17) is 4.74 Å². The van der Waals surface area contributed by atoms with Gasteiger partial charge in [-0.3, -0.25) is 0 Å². The van der Waals surface area contributed by atoms with Crippen LogP contribution in [-0.2, 0) is 12.8 Å². The maximum atomic E-state index is 13.3. The average molecular weight is 423 g/mol. The Bertz CT molecular complexity index is 1280. The Kier molecular flexibility index (Phi) is 6.89. The van der Waals surface area contributed by atoms with Gasteiger partial charge in [0.25, 0.3) is 0 Å². The molecule has 3 nitrogen and oxygen atoms in total. The van der Waals surface area contributed by atoms with Crippen LogP contribution in [0.15, 0.2) is 85.2 Å². The Morgan fingerprint density at radius 1 is 0.844 bits per heavy atom. The molecular weight excluding hydrogens is 399 g/mol. The van der Waals surface area contributed by atoms with E-state index in [9.17, 15) is 4.39 Å². The van der Waals surface area contributed by atoms with Crippen LogP contribution in [0.4, 0.5) is 4.39 Å². The summed E-state index contributed by atoms with van der Waals surface area (Å²) in [4.78, 5) is 8.75. The lowest BCUT2D eigenvalue weighted by Crippen LogP contribution is -2.00. The van der Waals surface area contributed by atoms with Crippen LogP contribution >= 0.6 is 0 Å². The normalized spacial score (nSPS) is 10.8. The fraction of sp³-hybridized carbons (Fsp3) is 0.143. The molecule has 4 rings (SSSR count). The van der Waals surface area contributed by atoms with E-state index in [1.807, 2.05) is 49.4 Å². The Morgan fingerprint density at radius 3 is 2.31 bits per heavy atom. The van der Waals surface area contributed by atoms with E-state index in [1.54, 1.807) is 18.5 Å². The molecule has 1 heterocycles. The highest BCUT2D eigenvalue weighted by atomic mass is 19.1. The lowest BCUT2D eigenvalue weighted by Gasteiger charge is -2.04. The maximum absolute atomic E-state index is 13.3. The predicted molar refractivity (Wildman–Crippen MR) is 126 cm³/mol. The number of nitrogens with zero attached hydrogens (tertiary/aromatic N) is 2. The minimum atomic E-state index is -0.228. The highest BCUT2D eigenvalue weighted by molar-refractivity contribution is 5.83. The first-order chi connectivity index (χ1) is 15.7. The van der Waals surface area contributed by atoms with Crippen molar-refractivity contribution in [2.75, 3.05) is 6.61 Å². The third-order valence-corrected chi connectivity index (χ3v) is 5.01. The van der Waals surface area contributed by atoms with Crippen LogP contribution in [0.1, 0.15) is 29.4 Å². The molecule has 158 valence electrons. The number of benzene rings is 3. The number of ether oxygens (including phenoxy) is 1. The zero-order chi connectivity index (χ0) is 22.2. The molecule has 0 unspecified atom stereocenters. The number of halogens is 1.